The average Bonchev–Trinajstić information content (AvgIpc) is 2.86. The SMILES string of the molecule is COCC[C@@H]1CN(Cc2cccnc2)Cc2cccn2C1. The third-order valence-electron chi connectivity index (χ3n) is 4.14. The fourth-order valence-corrected chi connectivity index (χ4v) is 3.10. The molecule has 3 rings (SSSR count). The molecule has 0 amide bonds. The first-order valence-electron chi connectivity index (χ1n) is 7.59. The quantitative estimate of drug-likeness (QED) is 0.846. The van der Waals surface area contributed by atoms with Gasteiger partial charge in [-0.15, -0.1) is 0 Å². The van der Waals surface area contributed by atoms with Crippen molar-refractivity contribution in [1.29, 1.82) is 0 Å². The van der Waals surface area contributed by atoms with Crippen molar-refractivity contribution in [3.05, 3.63) is 54.1 Å². The predicted molar refractivity (Wildman–Crippen MR) is 82.8 cm³/mol. The molecule has 3 heterocycles. The highest BCUT2D eigenvalue weighted by Crippen LogP contribution is 2.21. The van der Waals surface area contributed by atoms with Crippen LogP contribution >= 0.6 is 0 Å². The van der Waals surface area contributed by atoms with E-state index in [1.807, 2.05) is 18.5 Å². The number of aromatic nitrogens is 2. The summed E-state index contributed by atoms with van der Waals surface area (Å²) in [4.78, 5) is 6.75. The Balaban J connectivity index is 1.73. The van der Waals surface area contributed by atoms with Crippen molar-refractivity contribution in [2.45, 2.75) is 26.1 Å². The maximum Gasteiger partial charge on any atom is 0.0466 e. The van der Waals surface area contributed by atoms with Gasteiger partial charge in [0.2, 0.25) is 0 Å². The first-order chi connectivity index (χ1) is 10.3. The predicted octanol–water partition coefficient (Wildman–Crippen LogP) is 2.55. The van der Waals surface area contributed by atoms with E-state index < -0.39 is 0 Å². The zero-order chi connectivity index (χ0) is 14.5. The van der Waals surface area contributed by atoms with E-state index in [0.717, 1.165) is 39.2 Å². The van der Waals surface area contributed by atoms with Crippen LogP contribution in [0, 0.1) is 5.92 Å². The molecule has 0 fully saturated rings. The molecule has 0 saturated heterocycles. The Bertz CT molecular complexity index is 552. The molecule has 4 heteroatoms. The van der Waals surface area contributed by atoms with E-state index in [2.05, 4.69) is 38.8 Å². The van der Waals surface area contributed by atoms with Crippen molar-refractivity contribution < 1.29 is 4.74 Å². The van der Waals surface area contributed by atoms with Crippen molar-refractivity contribution in [3.63, 3.8) is 0 Å². The van der Waals surface area contributed by atoms with Crippen molar-refractivity contribution in [3.8, 4) is 0 Å². The van der Waals surface area contributed by atoms with Crippen LogP contribution in [-0.4, -0.2) is 34.7 Å². The molecule has 2 aromatic rings. The molecule has 21 heavy (non-hydrogen) atoms. The van der Waals surface area contributed by atoms with E-state index in [1.54, 1.807) is 7.11 Å². The largest absolute Gasteiger partial charge is 0.385 e. The fraction of sp³-hybridized carbons (Fsp3) is 0.471. The van der Waals surface area contributed by atoms with E-state index in [9.17, 15) is 0 Å². The van der Waals surface area contributed by atoms with E-state index in [0.29, 0.717) is 5.92 Å². The van der Waals surface area contributed by atoms with E-state index in [4.69, 9.17) is 4.74 Å². The average molecular weight is 285 g/mol. The smallest absolute Gasteiger partial charge is 0.0466 e. The number of rotatable bonds is 5. The summed E-state index contributed by atoms with van der Waals surface area (Å²) in [7, 11) is 1.78. The summed E-state index contributed by atoms with van der Waals surface area (Å²) in [6, 6.07) is 8.55. The van der Waals surface area contributed by atoms with Crippen molar-refractivity contribution in [2.75, 3.05) is 20.3 Å². The minimum absolute atomic E-state index is 0.635. The third-order valence-corrected chi connectivity index (χ3v) is 4.14. The van der Waals surface area contributed by atoms with Gasteiger partial charge in [-0.3, -0.25) is 9.88 Å². The van der Waals surface area contributed by atoms with Gasteiger partial charge in [-0.2, -0.15) is 0 Å². The van der Waals surface area contributed by atoms with Gasteiger partial charge >= 0.3 is 0 Å². The number of ether oxygens (including phenoxy) is 1. The van der Waals surface area contributed by atoms with Gasteiger partial charge in [0.25, 0.3) is 0 Å². The molecular weight excluding hydrogens is 262 g/mol. The second-order valence-corrected chi connectivity index (χ2v) is 5.83. The summed E-state index contributed by atoms with van der Waals surface area (Å²) in [5.41, 5.74) is 2.68. The normalized spacial score (nSPS) is 19.2. The maximum atomic E-state index is 5.27. The van der Waals surface area contributed by atoms with Crippen LogP contribution in [-0.2, 0) is 24.4 Å². The lowest BCUT2D eigenvalue weighted by molar-refractivity contribution is 0.151. The molecule has 1 atom stereocenters. The van der Waals surface area contributed by atoms with Gasteiger partial charge in [0.05, 0.1) is 0 Å². The highest BCUT2D eigenvalue weighted by atomic mass is 16.5. The first kappa shape index (κ1) is 14.3. The van der Waals surface area contributed by atoms with Gasteiger partial charge in [-0.25, -0.2) is 0 Å². The zero-order valence-corrected chi connectivity index (χ0v) is 12.6. The lowest BCUT2D eigenvalue weighted by Crippen LogP contribution is -2.28. The molecule has 0 aromatic carbocycles. The van der Waals surface area contributed by atoms with Gasteiger partial charge in [-0.1, -0.05) is 6.07 Å². The molecule has 0 unspecified atom stereocenters. The molecule has 0 N–H and O–H groups in total. The van der Waals surface area contributed by atoms with Gasteiger partial charge in [0, 0.05) is 64.2 Å². The molecule has 0 radical (unpaired) electrons. The Morgan fingerprint density at radius 3 is 3.05 bits per heavy atom. The summed E-state index contributed by atoms with van der Waals surface area (Å²) in [5, 5.41) is 0. The molecule has 1 aliphatic rings. The standard InChI is InChI=1S/C17H23N3O/c1-21-9-6-16-12-19(11-15-4-2-7-18-10-15)14-17-5-3-8-20(17)13-16/h2-5,7-8,10,16H,6,9,11-14H2,1H3/t16-/m1/s1. The second kappa shape index (κ2) is 6.87. The molecule has 0 spiro atoms. The summed E-state index contributed by atoms with van der Waals surface area (Å²) in [6.45, 7) is 5.01. The number of hydrogen-bond acceptors (Lipinski definition) is 3. The van der Waals surface area contributed by atoms with Crippen LogP contribution in [0.1, 0.15) is 17.7 Å². The van der Waals surface area contributed by atoms with Gasteiger partial charge in [-0.05, 0) is 36.1 Å². The second-order valence-electron chi connectivity index (χ2n) is 5.83. The van der Waals surface area contributed by atoms with Crippen LogP contribution in [0.5, 0.6) is 0 Å². The molecule has 0 aliphatic carbocycles. The maximum absolute atomic E-state index is 5.27. The first-order valence-corrected chi connectivity index (χ1v) is 7.59. The van der Waals surface area contributed by atoms with E-state index in [1.165, 1.54) is 11.3 Å². The highest BCUT2D eigenvalue weighted by Gasteiger charge is 2.21. The van der Waals surface area contributed by atoms with Crippen LogP contribution in [0.25, 0.3) is 0 Å². The Kier molecular flexibility index (Phi) is 4.68. The Morgan fingerprint density at radius 1 is 1.29 bits per heavy atom. The van der Waals surface area contributed by atoms with Crippen molar-refractivity contribution in [2.24, 2.45) is 5.92 Å². The van der Waals surface area contributed by atoms with Gasteiger partial charge in [0.1, 0.15) is 0 Å². The van der Waals surface area contributed by atoms with Gasteiger partial charge in [0.15, 0.2) is 0 Å². The fourth-order valence-electron chi connectivity index (χ4n) is 3.10. The number of nitrogens with zero attached hydrogens (tertiary/aromatic N) is 3. The summed E-state index contributed by atoms with van der Waals surface area (Å²) < 4.78 is 7.66. The lowest BCUT2D eigenvalue weighted by atomic mass is 10.1. The lowest BCUT2D eigenvalue weighted by Gasteiger charge is -2.23. The van der Waals surface area contributed by atoms with Crippen molar-refractivity contribution in [1.82, 2.24) is 14.5 Å². The number of pyridine rings is 1. The topological polar surface area (TPSA) is 30.3 Å². The summed E-state index contributed by atoms with van der Waals surface area (Å²) >= 11 is 0. The van der Waals surface area contributed by atoms with Crippen molar-refractivity contribution >= 4 is 0 Å². The van der Waals surface area contributed by atoms with Crippen LogP contribution in [0.2, 0.25) is 0 Å². The zero-order valence-electron chi connectivity index (χ0n) is 12.6. The number of methoxy groups -OCH3 is 1. The monoisotopic (exact) mass is 285 g/mol. The highest BCUT2D eigenvalue weighted by molar-refractivity contribution is 5.11. The summed E-state index contributed by atoms with van der Waals surface area (Å²) in [5.74, 6) is 0.635. The van der Waals surface area contributed by atoms with Crippen LogP contribution in [0.4, 0.5) is 0 Å². The minimum atomic E-state index is 0.635. The third kappa shape index (κ3) is 3.71. The Hall–Kier alpha value is -1.65. The molecule has 0 bridgehead atoms. The van der Waals surface area contributed by atoms with Crippen LogP contribution in [0.15, 0.2) is 42.9 Å². The Morgan fingerprint density at radius 2 is 2.24 bits per heavy atom. The molecule has 1 aliphatic heterocycles. The van der Waals surface area contributed by atoms with Crippen LogP contribution in [0.3, 0.4) is 0 Å². The molecule has 2 aromatic heterocycles. The van der Waals surface area contributed by atoms with E-state index in [-0.39, 0.29) is 0 Å². The Labute approximate surface area is 126 Å². The van der Waals surface area contributed by atoms with Crippen LogP contribution < -0.4 is 0 Å². The van der Waals surface area contributed by atoms with E-state index >= 15 is 0 Å². The molecule has 4 nitrogen and oxygen atoms in total. The number of hydrogen-bond donors (Lipinski definition) is 0. The molecule has 112 valence electrons. The molecular formula is C17H23N3O. The van der Waals surface area contributed by atoms with Gasteiger partial charge < -0.3 is 9.30 Å². The number of fused-ring (bicyclic) bond motifs is 1. The molecule has 0 saturated carbocycles. The summed E-state index contributed by atoms with van der Waals surface area (Å²) in [6.07, 6.45) is 7.10. The minimum Gasteiger partial charge on any atom is -0.385 e.